The van der Waals surface area contributed by atoms with Crippen LogP contribution in [0.2, 0.25) is 0 Å². The Hall–Kier alpha value is -3.07. The lowest BCUT2D eigenvalue weighted by molar-refractivity contribution is -0.175. The van der Waals surface area contributed by atoms with Gasteiger partial charge in [0.1, 0.15) is 24.1 Å². The Kier molecular flexibility index (Phi) is 5.28. The average Bonchev–Trinajstić information content (AvgIpc) is 3.17. The van der Waals surface area contributed by atoms with Crippen molar-refractivity contribution in [1.29, 1.82) is 0 Å². The molecular formula is C19H21N3O6. The number of nitroso groups, excluding NO2 is 1. The van der Waals surface area contributed by atoms with Gasteiger partial charge in [-0.05, 0) is 34.7 Å². The van der Waals surface area contributed by atoms with E-state index in [1.54, 1.807) is 12.1 Å². The number of aldehydes is 1. The molecule has 0 aromatic heterocycles. The Morgan fingerprint density at radius 1 is 1.29 bits per heavy atom. The third-order valence-corrected chi connectivity index (χ3v) is 5.64. The summed E-state index contributed by atoms with van der Waals surface area (Å²) in [5.74, 6) is -1.72. The minimum Gasteiger partial charge on any atom is -0.428 e. The number of nitrogens with two attached hydrogens (primary N) is 1. The van der Waals surface area contributed by atoms with E-state index in [4.69, 9.17) is 15.3 Å². The predicted octanol–water partition coefficient (Wildman–Crippen LogP) is 2.08. The Morgan fingerprint density at radius 2 is 1.96 bits per heavy atom. The molecule has 1 saturated carbocycles. The fourth-order valence-corrected chi connectivity index (χ4v) is 4.16. The number of carbonyl (C=O) groups is 3. The van der Waals surface area contributed by atoms with Gasteiger partial charge in [0.25, 0.3) is 5.91 Å². The van der Waals surface area contributed by atoms with E-state index in [1.165, 1.54) is 19.2 Å². The van der Waals surface area contributed by atoms with E-state index in [0.717, 1.165) is 5.06 Å². The smallest absolute Gasteiger partial charge is 0.428 e. The number of allylic oxidation sites excluding steroid dienone is 1. The molecule has 0 heterocycles. The molecule has 148 valence electrons. The van der Waals surface area contributed by atoms with Crippen LogP contribution < -0.4 is 5.73 Å². The van der Waals surface area contributed by atoms with E-state index in [0.29, 0.717) is 11.8 Å². The molecule has 2 N–H and O–H groups in total. The molecule has 28 heavy (non-hydrogen) atoms. The Morgan fingerprint density at radius 3 is 2.57 bits per heavy atom. The van der Waals surface area contributed by atoms with E-state index in [1.807, 2.05) is 19.1 Å². The first-order valence-electron chi connectivity index (χ1n) is 8.80. The quantitative estimate of drug-likeness (QED) is 0.269. The van der Waals surface area contributed by atoms with Crippen LogP contribution in [0.5, 0.6) is 0 Å². The van der Waals surface area contributed by atoms with Crippen LogP contribution in [0.25, 0.3) is 0 Å². The lowest BCUT2D eigenvalue weighted by atomic mass is 9.76. The maximum absolute atomic E-state index is 12.9. The van der Waals surface area contributed by atoms with Gasteiger partial charge in [-0.3, -0.25) is 4.79 Å². The summed E-state index contributed by atoms with van der Waals surface area (Å²) in [4.78, 5) is 51.7. The molecule has 0 aliphatic heterocycles. The van der Waals surface area contributed by atoms with Gasteiger partial charge >= 0.3 is 6.16 Å². The van der Waals surface area contributed by atoms with Crippen LogP contribution in [0.1, 0.15) is 12.5 Å². The van der Waals surface area contributed by atoms with Crippen molar-refractivity contribution < 1.29 is 24.0 Å². The summed E-state index contributed by atoms with van der Waals surface area (Å²) in [6.07, 6.45) is 3.36. The molecule has 5 atom stereocenters. The highest BCUT2D eigenvalue weighted by Crippen LogP contribution is 2.52. The Bertz CT molecular complexity index is 823. The molecule has 0 radical (unpaired) electrons. The van der Waals surface area contributed by atoms with E-state index in [9.17, 15) is 19.3 Å². The summed E-state index contributed by atoms with van der Waals surface area (Å²) < 4.78 is 4.97. The van der Waals surface area contributed by atoms with Gasteiger partial charge < -0.3 is 20.1 Å². The molecule has 2 aliphatic rings. The third-order valence-electron chi connectivity index (χ3n) is 5.64. The van der Waals surface area contributed by atoms with Crippen LogP contribution in [0.4, 0.5) is 10.5 Å². The molecule has 1 aromatic carbocycles. The maximum atomic E-state index is 12.9. The highest BCUT2D eigenvalue weighted by molar-refractivity contribution is 5.91. The molecule has 2 bridgehead atoms. The summed E-state index contributed by atoms with van der Waals surface area (Å²) >= 11 is 0. The molecule has 2 aliphatic carbocycles. The van der Waals surface area contributed by atoms with Crippen molar-refractivity contribution in [3.05, 3.63) is 46.9 Å². The van der Waals surface area contributed by atoms with Gasteiger partial charge in [0, 0.05) is 18.9 Å². The van der Waals surface area contributed by atoms with Crippen LogP contribution in [-0.4, -0.2) is 36.0 Å². The summed E-state index contributed by atoms with van der Waals surface area (Å²) in [5, 5.41) is 3.50. The highest BCUT2D eigenvalue weighted by atomic mass is 16.8. The zero-order valence-corrected chi connectivity index (χ0v) is 15.5. The van der Waals surface area contributed by atoms with Crippen molar-refractivity contribution in [3.63, 3.8) is 0 Å². The van der Waals surface area contributed by atoms with E-state index in [2.05, 4.69) is 5.18 Å². The fraction of sp³-hybridized carbons (Fsp3) is 0.421. The van der Waals surface area contributed by atoms with Crippen molar-refractivity contribution in [3.8, 4) is 0 Å². The van der Waals surface area contributed by atoms with Gasteiger partial charge in [0.2, 0.25) is 0 Å². The number of fused-ring (bicyclic) bond motifs is 2. The van der Waals surface area contributed by atoms with Crippen molar-refractivity contribution in [2.24, 2.45) is 34.6 Å². The standard InChI is InChI=1S/C19H21N3O6/c1-11-14-7-8-15(11)19(20,16(14)9-23)17(24)22(2)28-18(25)27-10-12-3-5-13(21-26)6-4-12/h3-9,11,14-16H,10,20H2,1-2H3. The summed E-state index contributed by atoms with van der Waals surface area (Å²) in [6, 6.07) is 6.11. The van der Waals surface area contributed by atoms with Crippen LogP contribution in [-0.2, 0) is 25.8 Å². The first-order valence-corrected chi connectivity index (χ1v) is 8.80. The number of nitrogens with zero attached hydrogens (tertiary/aromatic N) is 2. The number of hydrogen-bond acceptors (Lipinski definition) is 8. The zero-order valence-electron chi connectivity index (χ0n) is 15.5. The summed E-state index contributed by atoms with van der Waals surface area (Å²) in [6.45, 7) is 1.82. The van der Waals surface area contributed by atoms with Crippen molar-refractivity contribution in [2.45, 2.75) is 19.1 Å². The maximum Gasteiger partial charge on any atom is 0.533 e. The average molecular weight is 387 g/mol. The molecule has 0 saturated heterocycles. The number of carbonyl (C=O) groups excluding carboxylic acids is 3. The Balaban J connectivity index is 1.60. The van der Waals surface area contributed by atoms with Crippen LogP contribution in [0, 0.1) is 28.6 Å². The van der Waals surface area contributed by atoms with Crippen molar-refractivity contribution in [1.82, 2.24) is 5.06 Å². The first kappa shape index (κ1) is 19.7. The summed E-state index contributed by atoms with van der Waals surface area (Å²) in [7, 11) is 1.25. The molecule has 5 unspecified atom stereocenters. The number of likely N-dealkylation sites (N-methyl/N-ethyl adjacent to an activating group) is 1. The molecule has 1 aromatic rings. The number of rotatable bonds is 5. The molecule has 1 fully saturated rings. The minimum absolute atomic E-state index is 0.0494. The molecule has 9 nitrogen and oxygen atoms in total. The van der Waals surface area contributed by atoms with E-state index < -0.39 is 23.5 Å². The highest BCUT2D eigenvalue weighted by Gasteiger charge is 2.62. The fourth-order valence-electron chi connectivity index (χ4n) is 4.16. The lowest BCUT2D eigenvalue weighted by Crippen LogP contribution is -2.62. The van der Waals surface area contributed by atoms with Gasteiger partial charge in [-0.15, -0.1) is 4.91 Å². The third kappa shape index (κ3) is 3.18. The topological polar surface area (TPSA) is 128 Å². The zero-order chi connectivity index (χ0) is 20.5. The van der Waals surface area contributed by atoms with Gasteiger partial charge in [-0.2, -0.15) is 5.06 Å². The first-order chi connectivity index (χ1) is 13.3. The predicted molar refractivity (Wildman–Crippen MR) is 97.7 cm³/mol. The largest absolute Gasteiger partial charge is 0.533 e. The van der Waals surface area contributed by atoms with Gasteiger partial charge in [-0.25, -0.2) is 4.79 Å². The number of hydrogen-bond donors (Lipinski definition) is 1. The van der Waals surface area contributed by atoms with Crippen molar-refractivity contribution in [2.75, 3.05) is 7.05 Å². The number of benzene rings is 1. The van der Waals surface area contributed by atoms with Crippen LogP contribution in [0.15, 0.2) is 41.6 Å². The van der Waals surface area contributed by atoms with Crippen molar-refractivity contribution >= 4 is 24.0 Å². The molecule has 3 rings (SSSR count). The van der Waals surface area contributed by atoms with E-state index in [-0.39, 0.29) is 30.0 Å². The number of ether oxygens (including phenoxy) is 1. The number of amides is 1. The SMILES string of the molecule is CC1C2C=CC1C(N)(C(=O)N(C)OC(=O)OCc1ccc(N=O)cc1)C2C=O. The monoisotopic (exact) mass is 387 g/mol. The molecule has 1 amide bonds. The lowest BCUT2D eigenvalue weighted by Gasteiger charge is -2.36. The number of hydroxylamine groups is 2. The van der Waals surface area contributed by atoms with Gasteiger partial charge in [0.15, 0.2) is 0 Å². The van der Waals surface area contributed by atoms with Gasteiger partial charge in [-0.1, -0.05) is 31.2 Å². The molecule has 9 heteroatoms. The van der Waals surface area contributed by atoms with Crippen LogP contribution in [0.3, 0.4) is 0 Å². The van der Waals surface area contributed by atoms with E-state index >= 15 is 0 Å². The van der Waals surface area contributed by atoms with Gasteiger partial charge in [0.05, 0.1) is 0 Å². The second-order valence-electron chi connectivity index (χ2n) is 7.13. The second-order valence-corrected chi connectivity index (χ2v) is 7.13. The molecule has 0 spiro atoms. The Labute approximate surface area is 161 Å². The minimum atomic E-state index is -1.47. The van der Waals surface area contributed by atoms with Crippen LogP contribution >= 0.6 is 0 Å². The second kappa shape index (κ2) is 7.51. The normalized spacial score (nSPS) is 30.0. The molecular weight excluding hydrogens is 366 g/mol. The summed E-state index contributed by atoms with van der Waals surface area (Å²) in [5.41, 5.74) is 5.76.